The molecule has 0 aliphatic heterocycles. The van der Waals surface area contributed by atoms with Crippen LogP contribution in [-0.4, -0.2) is 45.7 Å². The van der Waals surface area contributed by atoms with E-state index >= 15 is 0 Å². The first-order valence-electron chi connectivity index (χ1n) is 7.16. The summed E-state index contributed by atoms with van der Waals surface area (Å²) in [6.07, 6.45) is 0.925. The van der Waals surface area contributed by atoms with Gasteiger partial charge in [0, 0.05) is 18.3 Å². The van der Waals surface area contributed by atoms with Crippen molar-refractivity contribution in [1.82, 2.24) is 15.0 Å². The van der Waals surface area contributed by atoms with Crippen LogP contribution in [0, 0.1) is 0 Å². The van der Waals surface area contributed by atoms with Crippen molar-refractivity contribution in [3.05, 3.63) is 0 Å². The summed E-state index contributed by atoms with van der Waals surface area (Å²) in [5, 5.41) is 6.38. The number of aromatic nitrogens is 3. The molecule has 0 saturated carbocycles. The van der Waals surface area contributed by atoms with Crippen molar-refractivity contribution in [2.75, 3.05) is 35.3 Å². The molecule has 1 atom stereocenters. The molecule has 7 heteroatoms. The molecule has 0 saturated heterocycles. The molecule has 1 aromatic rings. The van der Waals surface area contributed by atoms with Crippen molar-refractivity contribution < 1.29 is 4.74 Å². The van der Waals surface area contributed by atoms with Gasteiger partial charge in [0.2, 0.25) is 11.9 Å². The topological polar surface area (TPSA) is 72.0 Å². The summed E-state index contributed by atoms with van der Waals surface area (Å²) in [7, 11) is 0. The lowest BCUT2D eigenvalue weighted by Gasteiger charge is -2.14. The average Bonchev–Trinajstić information content (AvgIpc) is 2.43. The molecule has 6 nitrogen and oxygen atoms in total. The number of ether oxygens (including phenoxy) is 1. The summed E-state index contributed by atoms with van der Waals surface area (Å²) in [5.74, 6) is 3.23. The number of nitrogens with one attached hydrogen (secondary N) is 2. The highest BCUT2D eigenvalue weighted by Gasteiger charge is 2.09. The number of hydrogen-bond acceptors (Lipinski definition) is 7. The van der Waals surface area contributed by atoms with E-state index in [2.05, 4.69) is 46.4 Å². The lowest BCUT2D eigenvalue weighted by Crippen LogP contribution is -2.21. The van der Waals surface area contributed by atoms with Crippen molar-refractivity contribution in [3.8, 4) is 6.01 Å². The lowest BCUT2D eigenvalue weighted by molar-refractivity contribution is 0.292. The minimum atomic E-state index is 0.302. The molecular weight excluding hydrogens is 274 g/mol. The Kier molecular flexibility index (Phi) is 8.10. The third-order valence-corrected chi connectivity index (χ3v) is 3.48. The number of thioether (sulfide) groups is 1. The van der Waals surface area contributed by atoms with Gasteiger partial charge in [0.15, 0.2) is 0 Å². The monoisotopic (exact) mass is 299 g/mol. The Balaban J connectivity index is 2.73. The highest BCUT2D eigenvalue weighted by molar-refractivity contribution is 7.99. The first kappa shape index (κ1) is 16.8. The maximum atomic E-state index is 5.50. The molecule has 0 bridgehead atoms. The summed E-state index contributed by atoms with van der Waals surface area (Å²) in [6, 6.07) is 0.673. The smallest absolute Gasteiger partial charge is 0.323 e. The van der Waals surface area contributed by atoms with E-state index in [0.717, 1.165) is 24.5 Å². The zero-order valence-electron chi connectivity index (χ0n) is 12.8. The zero-order chi connectivity index (χ0) is 14.8. The first-order valence-corrected chi connectivity index (χ1v) is 8.32. The molecule has 0 radical (unpaired) electrons. The summed E-state index contributed by atoms with van der Waals surface area (Å²) in [6.45, 7) is 9.69. The Morgan fingerprint density at radius 1 is 1.15 bits per heavy atom. The van der Waals surface area contributed by atoms with Gasteiger partial charge in [-0.25, -0.2) is 0 Å². The summed E-state index contributed by atoms with van der Waals surface area (Å²) in [5.41, 5.74) is 0. The minimum Gasteiger partial charge on any atom is -0.463 e. The average molecular weight is 299 g/mol. The van der Waals surface area contributed by atoms with Gasteiger partial charge in [-0.15, -0.1) is 0 Å². The molecule has 0 aliphatic rings. The van der Waals surface area contributed by atoms with Gasteiger partial charge in [-0.2, -0.15) is 26.7 Å². The van der Waals surface area contributed by atoms with Crippen LogP contribution in [0.1, 0.15) is 34.1 Å². The molecule has 0 fully saturated rings. The summed E-state index contributed by atoms with van der Waals surface area (Å²) in [4.78, 5) is 12.9. The van der Waals surface area contributed by atoms with Crippen molar-refractivity contribution >= 4 is 23.7 Å². The van der Waals surface area contributed by atoms with Crippen LogP contribution in [0.4, 0.5) is 11.9 Å². The largest absolute Gasteiger partial charge is 0.463 e. The Labute approximate surface area is 125 Å². The van der Waals surface area contributed by atoms with Gasteiger partial charge in [-0.05, 0) is 26.0 Å². The SMILES string of the molecule is CCCOc1nc(NCC)nc(NC(C)CSCC)n1. The molecule has 0 amide bonds. The van der Waals surface area contributed by atoms with E-state index in [1.807, 2.05) is 18.7 Å². The molecule has 1 unspecified atom stereocenters. The highest BCUT2D eigenvalue weighted by atomic mass is 32.2. The number of anilines is 2. The van der Waals surface area contributed by atoms with E-state index in [-0.39, 0.29) is 0 Å². The van der Waals surface area contributed by atoms with Crippen LogP contribution >= 0.6 is 11.8 Å². The maximum Gasteiger partial charge on any atom is 0.323 e. The van der Waals surface area contributed by atoms with Crippen LogP contribution in [0.25, 0.3) is 0 Å². The second-order valence-corrected chi connectivity index (χ2v) is 5.67. The molecule has 0 aliphatic carbocycles. The molecule has 0 aromatic carbocycles. The standard InChI is InChI=1S/C13H25N5OS/c1-5-8-19-13-17-11(14-6-2)16-12(18-13)15-10(4)9-20-7-3/h10H,5-9H2,1-4H3,(H2,14,15,16,17,18). The summed E-state index contributed by atoms with van der Waals surface area (Å²) >= 11 is 1.89. The lowest BCUT2D eigenvalue weighted by atomic mass is 10.4. The molecular formula is C13H25N5OS. The van der Waals surface area contributed by atoms with E-state index in [1.165, 1.54) is 0 Å². The molecule has 0 spiro atoms. The van der Waals surface area contributed by atoms with Gasteiger partial charge >= 0.3 is 6.01 Å². The van der Waals surface area contributed by atoms with Crippen molar-refractivity contribution in [3.63, 3.8) is 0 Å². The van der Waals surface area contributed by atoms with E-state index in [9.17, 15) is 0 Å². The molecule has 2 N–H and O–H groups in total. The molecule has 20 heavy (non-hydrogen) atoms. The highest BCUT2D eigenvalue weighted by Crippen LogP contribution is 2.13. The van der Waals surface area contributed by atoms with Gasteiger partial charge < -0.3 is 15.4 Å². The Hall–Kier alpha value is -1.24. The molecule has 1 aromatic heterocycles. The first-order chi connectivity index (χ1) is 9.69. The van der Waals surface area contributed by atoms with Gasteiger partial charge in [0.05, 0.1) is 6.61 Å². The molecule has 114 valence electrons. The van der Waals surface area contributed by atoms with Gasteiger partial charge in [0.1, 0.15) is 0 Å². The predicted octanol–water partition coefficient (Wildman–Crippen LogP) is 2.65. The number of nitrogens with zero attached hydrogens (tertiary/aromatic N) is 3. The third kappa shape index (κ3) is 6.27. The molecule has 1 heterocycles. The fraction of sp³-hybridized carbons (Fsp3) is 0.769. The second kappa shape index (κ2) is 9.63. The number of rotatable bonds is 10. The van der Waals surface area contributed by atoms with Crippen LogP contribution in [0.5, 0.6) is 6.01 Å². The normalized spacial score (nSPS) is 12.0. The predicted molar refractivity (Wildman–Crippen MR) is 85.9 cm³/mol. The third-order valence-electron chi connectivity index (χ3n) is 2.33. The van der Waals surface area contributed by atoms with Crippen LogP contribution in [0.15, 0.2) is 0 Å². The fourth-order valence-electron chi connectivity index (χ4n) is 1.47. The number of hydrogen-bond donors (Lipinski definition) is 2. The Morgan fingerprint density at radius 3 is 2.55 bits per heavy atom. The van der Waals surface area contributed by atoms with Crippen LogP contribution in [0.2, 0.25) is 0 Å². The van der Waals surface area contributed by atoms with E-state index in [1.54, 1.807) is 0 Å². The van der Waals surface area contributed by atoms with Gasteiger partial charge in [0.25, 0.3) is 0 Å². The van der Waals surface area contributed by atoms with E-state index < -0.39 is 0 Å². The van der Waals surface area contributed by atoms with Gasteiger partial charge in [-0.3, -0.25) is 0 Å². The Bertz CT molecular complexity index is 391. The van der Waals surface area contributed by atoms with Crippen molar-refractivity contribution in [1.29, 1.82) is 0 Å². The van der Waals surface area contributed by atoms with Crippen molar-refractivity contribution in [2.45, 2.75) is 40.2 Å². The molecule has 1 rings (SSSR count). The van der Waals surface area contributed by atoms with E-state index in [0.29, 0.717) is 30.6 Å². The van der Waals surface area contributed by atoms with Crippen LogP contribution in [0.3, 0.4) is 0 Å². The summed E-state index contributed by atoms with van der Waals surface area (Å²) < 4.78 is 5.50. The zero-order valence-corrected chi connectivity index (χ0v) is 13.6. The second-order valence-electron chi connectivity index (χ2n) is 4.35. The van der Waals surface area contributed by atoms with Gasteiger partial charge in [-0.1, -0.05) is 13.8 Å². The van der Waals surface area contributed by atoms with Crippen LogP contribution in [-0.2, 0) is 0 Å². The Morgan fingerprint density at radius 2 is 1.90 bits per heavy atom. The van der Waals surface area contributed by atoms with E-state index in [4.69, 9.17) is 4.74 Å². The fourth-order valence-corrected chi connectivity index (χ4v) is 2.15. The van der Waals surface area contributed by atoms with Crippen LogP contribution < -0.4 is 15.4 Å². The minimum absolute atomic E-state index is 0.302. The van der Waals surface area contributed by atoms with Crippen molar-refractivity contribution in [2.24, 2.45) is 0 Å². The maximum absolute atomic E-state index is 5.50. The quantitative estimate of drug-likeness (QED) is 0.688.